The van der Waals surface area contributed by atoms with E-state index < -0.39 is 0 Å². The molecular formula is C18H28O4. The molecule has 0 aliphatic rings. The lowest BCUT2D eigenvalue weighted by atomic mass is 9.99. The van der Waals surface area contributed by atoms with Crippen LogP contribution in [0.15, 0.2) is 24.3 Å². The summed E-state index contributed by atoms with van der Waals surface area (Å²) in [6.07, 6.45) is 2.03. The number of carbonyl (C=O) groups is 1. The molecule has 0 aliphatic heterocycles. The lowest BCUT2D eigenvalue weighted by molar-refractivity contribution is -0.142. The Labute approximate surface area is 133 Å². The second-order valence-corrected chi connectivity index (χ2v) is 5.55. The molecule has 0 heterocycles. The van der Waals surface area contributed by atoms with Gasteiger partial charge in [-0.15, -0.1) is 0 Å². The van der Waals surface area contributed by atoms with E-state index in [0.717, 1.165) is 18.6 Å². The predicted octanol–water partition coefficient (Wildman–Crippen LogP) is 3.94. The average Bonchev–Trinajstić information content (AvgIpc) is 2.50. The normalized spacial score (nSPS) is 13.5. The van der Waals surface area contributed by atoms with E-state index in [1.165, 1.54) is 12.5 Å². The smallest absolute Gasteiger partial charge is 0.302 e. The van der Waals surface area contributed by atoms with E-state index in [2.05, 4.69) is 26.0 Å². The molecule has 4 nitrogen and oxygen atoms in total. The van der Waals surface area contributed by atoms with Gasteiger partial charge in [0.1, 0.15) is 12.4 Å². The molecule has 0 radical (unpaired) electrons. The van der Waals surface area contributed by atoms with Crippen LogP contribution in [0.2, 0.25) is 0 Å². The number of rotatable bonds is 10. The monoisotopic (exact) mass is 308 g/mol. The topological polar surface area (TPSA) is 44.8 Å². The Hall–Kier alpha value is -1.55. The molecule has 1 aromatic carbocycles. The minimum absolute atomic E-state index is 0.0863. The van der Waals surface area contributed by atoms with E-state index >= 15 is 0 Å². The third-order valence-corrected chi connectivity index (χ3v) is 3.60. The van der Waals surface area contributed by atoms with E-state index in [9.17, 15) is 4.79 Å². The molecule has 1 aromatic rings. The molecule has 0 N–H and O–H groups in total. The maximum Gasteiger partial charge on any atom is 0.302 e. The van der Waals surface area contributed by atoms with Crippen molar-refractivity contribution in [2.24, 2.45) is 0 Å². The molecule has 2 atom stereocenters. The minimum atomic E-state index is -0.277. The Balaban J connectivity index is 2.21. The van der Waals surface area contributed by atoms with Crippen LogP contribution in [0.3, 0.4) is 0 Å². The highest BCUT2D eigenvalue weighted by molar-refractivity contribution is 5.65. The van der Waals surface area contributed by atoms with Gasteiger partial charge in [0.25, 0.3) is 0 Å². The molecule has 0 bridgehead atoms. The zero-order valence-electron chi connectivity index (χ0n) is 14.1. The van der Waals surface area contributed by atoms with E-state index in [4.69, 9.17) is 14.2 Å². The molecule has 2 unspecified atom stereocenters. The van der Waals surface area contributed by atoms with Gasteiger partial charge >= 0.3 is 5.97 Å². The van der Waals surface area contributed by atoms with Gasteiger partial charge in [0, 0.05) is 13.3 Å². The van der Waals surface area contributed by atoms with Crippen LogP contribution in [0.25, 0.3) is 0 Å². The number of hydrogen-bond donors (Lipinski definition) is 0. The highest BCUT2D eigenvalue weighted by Gasteiger charge is 2.06. The third-order valence-electron chi connectivity index (χ3n) is 3.60. The van der Waals surface area contributed by atoms with E-state index in [-0.39, 0.29) is 12.1 Å². The first-order valence-electron chi connectivity index (χ1n) is 8.00. The standard InChI is InChI=1S/C18H28O4/c1-5-14(2)17-6-8-18(9-7-17)22-15(3)10-11-20-12-13-21-16(4)19/h6-9,14-15H,5,10-13H2,1-4H3. The number of hydrogen-bond acceptors (Lipinski definition) is 4. The second kappa shape index (κ2) is 10.2. The Bertz CT molecular complexity index is 427. The van der Waals surface area contributed by atoms with Crippen LogP contribution in [0.1, 0.15) is 52.0 Å². The molecule has 4 heteroatoms. The molecule has 124 valence electrons. The van der Waals surface area contributed by atoms with E-state index in [1.807, 2.05) is 19.1 Å². The minimum Gasteiger partial charge on any atom is -0.491 e. The molecular weight excluding hydrogens is 280 g/mol. The summed E-state index contributed by atoms with van der Waals surface area (Å²) < 4.78 is 16.1. The maximum absolute atomic E-state index is 10.6. The van der Waals surface area contributed by atoms with Gasteiger partial charge < -0.3 is 14.2 Å². The van der Waals surface area contributed by atoms with Gasteiger partial charge in [0.15, 0.2) is 0 Å². The molecule has 22 heavy (non-hydrogen) atoms. The van der Waals surface area contributed by atoms with Gasteiger partial charge in [-0.05, 0) is 37.0 Å². The summed E-state index contributed by atoms with van der Waals surface area (Å²) in [5.41, 5.74) is 1.34. The Kier molecular flexibility index (Phi) is 8.60. The third kappa shape index (κ3) is 7.46. The van der Waals surface area contributed by atoms with Crippen molar-refractivity contribution in [1.29, 1.82) is 0 Å². The zero-order chi connectivity index (χ0) is 16.4. The van der Waals surface area contributed by atoms with Crippen molar-refractivity contribution in [3.8, 4) is 5.75 Å². The van der Waals surface area contributed by atoms with Crippen LogP contribution >= 0.6 is 0 Å². The lowest BCUT2D eigenvalue weighted by Gasteiger charge is -2.16. The SMILES string of the molecule is CCC(C)c1ccc(OC(C)CCOCCOC(C)=O)cc1. The van der Waals surface area contributed by atoms with Gasteiger partial charge in [-0.25, -0.2) is 0 Å². The molecule has 1 rings (SSSR count). The van der Waals surface area contributed by atoms with Crippen molar-refractivity contribution in [3.05, 3.63) is 29.8 Å². The predicted molar refractivity (Wildman–Crippen MR) is 87.3 cm³/mol. The fourth-order valence-electron chi connectivity index (χ4n) is 2.00. The van der Waals surface area contributed by atoms with Crippen LogP contribution in [-0.2, 0) is 14.3 Å². The first-order valence-corrected chi connectivity index (χ1v) is 8.00. The summed E-state index contributed by atoms with van der Waals surface area (Å²) in [5, 5.41) is 0. The van der Waals surface area contributed by atoms with Crippen molar-refractivity contribution in [2.75, 3.05) is 19.8 Å². The largest absolute Gasteiger partial charge is 0.491 e. The van der Waals surface area contributed by atoms with Gasteiger partial charge in [-0.2, -0.15) is 0 Å². The molecule has 0 spiro atoms. The fraction of sp³-hybridized carbons (Fsp3) is 0.611. The van der Waals surface area contributed by atoms with E-state index in [0.29, 0.717) is 25.7 Å². The molecule has 0 saturated heterocycles. The quantitative estimate of drug-likeness (QED) is 0.485. The zero-order valence-corrected chi connectivity index (χ0v) is 14.1. The average molecular weight is 308 g/mol. The van der Waals surface area contributed by atoms with Gasteiger partial charge in [0.2, 0.25) is 0 Å². The van der Waals surface area contributed by atoms with Crippen LogP contribution < -0.4 is 4.74 Å². The Morgan fingerprint density at radius 1 is 1.09 bits per heavy atom. The molecule has 0 fully saturated rings. The van der Waals surface area contributed by atoms with E-state index in [1.54, 1.807) is 0 Å². The summed E-state index contributed by atoms with van der Waals surface area (Å²) >= 11 is 0. The summed E-state index contributed by atoms with van der Waals surface area (Å²) in [7, 11) is 0. The van der Waals surface area contributed by atoms with Crippen molar-refractivity contribution in [3.63, 3.8) is 0 Å². The number of ether oxygens (including phenoxy) is 3. The molecule has 0 amide bonds. The highest BCUT2D eigenvalue weighted by atomic mass is 16.6. The van der Waals surface area contributed by atoms with Gasteiger partial charge in [0.05, 0.1) is 19.3 Å². The number of esters is 1. The van der Waals surface area contributed by atoms with Gasteiger partial charge in [-0.3, -0.25) is 4.79 Å². The van der Waals surface area contributed by atoms with Crippen LogP contribution in [0.4, 0.5) is 0 Å². The first kappa shape index (κ1) is 18.5. The maximum atomic E-state index is 10.6. The molecule has 0 aromatic heterocycles. The number of carbonyl (C=O) groups excluding carboxylic acids is 1. The lowest BCUT2D eigenvalue weighted by Crippen LogP contribution is -2.16. The second-order valence-electron chi connectivity index (χ2n) is 5.55. The van der Waals surface area contributed by atoms with Crippen molar-refractivity contribution < 1.29 is 19.0 Å². The van der Waals surface area contributed by atoms with Crippen LogP contribution in [-0.4, -0.2) is 31.9 Å². The van der Waals surface area contributed by atoms with Crippen LogP contribution in [0, 0.1) is 0 Å². The number of benzene rings is 1. The Morgan fingerprint density at radius 3 is 2.36 bits per heavy atom. The molecule has 0 saturated carbocycles. The van der Waals surface area contributed by atoms with Gasteiger partial charge in [-0.1, -0.05) is 26.0 Å². The Morgan fingerprint density at radius 2 is 1.77 bits per heavy atom. The highest BCUT2D eigenvalue weighted by Crippen LogP contribution is 2.22. The molecule has 0 aliphatic carbocycles. The van der Waals surface area contributed by atoms with Crippen molar-refractivity contribution in [1.82, 2.24) is 0 Å². The van der Waals surface area contributed by atoms with Crippen LogP contribution in [0.5, 0.6) is 5.75 Å². The summed E-state index contributed by atoms with van der Waals surface area (Å²) in [6, 6.07) is 8.32. The summed E-state index contributed by atoms with van der Waals surface area (Å²) in [6.45, 7) is 9.16. The van der Waals surface area contributed by atoms with Crippen molar-refractivity contribution in [2.45, 2.75) is 52.6 Å². The fourth-order valence-corrected chi connectivity index (χ4v) is 2.00. The summed E-state index contributed by atoms with van der Waals surface area (Å²) in [5.74, 6) is 1.19. The first-order chi connectivity index (χ1) is 10.5. The van der Waals surface area contributed by atoms with Crippen molar-refractivity contribution >= 4 is 5.97 Å². The summed E-state index contributed by atoms with van der Waals surface area (Å²) in [4.78, 5) is 10.6.